The number of para-hydroxylation sites is 1. The van der Waals surface area contributed by atoms with Gasteiger partial charge in [0.25, 0.3) is 11.8 Å². The highest BCUT2D eigenvalue weighted by Crippen LogP contribution is 2.34. The maximum atomic E-state index is 13.5. The fourth-order valence-corrected chi connectivity index (χ4v) is 4.74. The van der Waals surface area contributed by atoms with E-state index in [1.165, 1.54) is 0 Å². The Bertz CT molecular complexity index is 1080. The van der Waals surface area contributed by atoms with Gasteiger partial charge in [-0.2, -0.15) is 0 Å². The average Bonchev–Trinajstić information content (AvgIpc) is 3.03. The van der Waals surface area contributed by atoms with Crippen molar-refractivity contribution in [3.63, 3.8) is 0 Å². The van der Waals surface area contributed by atoms with Gasteiger partial charge in [-0.15, -0.1) is 0 Å². The lowest BCUT2D eigenvalue weighted by Crippen LogP contribution is -2.60. The fourth-order valence-electron chi connectivity index (χ4n) is 4.74. The first-order chi connectivity index (χ1) is 15.7. The predicted octanol–water partition coefficient (Wildman–Crippen LogP) is 3.60. The van der Waals surface area contributed by atoms with Gasteiger partial charge in [-0.25, -0.2) is 0 Å². The van der Waals surface area contributed by atoms with Crippen molar-refractivity contribution in [1.82, 2.24) is 10.2 Å². The maximum absolute atomic E-state index is 13.5. The van der Waals surface area contributed by atoms with Gasteiger partial charge in [0.05, 0.1) is 11.1 Å². The van der Waals surface area contributed by atoms with Crippen molar-refractivity contribution in [2.75, 3.05) is 11.9 Å². The molecule has 1 aliphatic heterocycles. The zero-order chi connectivity index (χ0) is 23.8. The van der Waals surface area contributed by atoms with Crippen molar-refractivity contribution in [2.45, 2.75) is 52.0 Å². The molecule has 2 aliphatic rings. The summed E-state index contributed by atoms with van der Waals surface area (Å²) in [5.74, 6) is -1.30. The average molecular weight is 448 g/mol. The third-order valence-electron chi connectivity index (χ3n) is 6.84. The third-order valence-corrected chi connectivity index (χ3v) is 6.84. The zero-order valence-electron chi connectivity index (χ0n) is 19.2. The lowest BCUT2D eigenvalue weighted by molar-refractivity contribution is -0.132. The van der Waals surface area contributed by atoms with E-state index in [2.05, 4.69) is 17.6 Å². The number of hydrogen-bond donors (Lipinski definition) is 2. The molecule has 4 amide bonds. The summed E-state index contributed by atoms with van der Waals surface area (Å²) in [6.07, 6.45) is 2.60. The van der Waals surface area contributed by atoms with Crippen LogP contribution in [0.15, 0.2) is 42.5 Å². The number of aryl methyl sites for hydroxylation is 2. The highest BCUT2D eigenvalue weighted by Gasteiger charge is 2.44. The third kappa shape index (κ3) is 4.27. The molecule has 33 heavy (non-hydrogen) atoms. The highest BCUT2D eigenvalue weighted by atomic mass is 16.2. The standard InChI is InChI=1S/C26H29N3O4/c1-16-11-13-26(14-12-16,25(33)27-22-17(2)7-6-8-18(22)3)28-21(30)15-29-23(31)19-9-4-5-10-20(19)24(29)32/h4-10,16H,11-15H2,1-3H3,(H,27,33)(H,28,30). The van der Waals surface area contributed by atoms with Crippen LogP contribution in [0.25, 0.3) is 0 Å². The molecule has 4 rings (SSSR count). The lowest BCUT2D eigenvalue weighted by Gasteiger charge is -2.39. The van der Waals surface area contributed by atoms with Gasteiger partial charge in [-0.3, -0.25) is 24.1 Å². The minimum Gasteiger partial charge on any atom is -0.340 e. The summed E-state index contributed by atoms with van der Waals surface area (Å²) in [7, 11) is 0. The predicted molar refractivity (Wildman–Crippen MR) is 125 cm³/mol. The molecule has 1 aliphatic carbocycles. The second-order valence-corrected chi connectivity index (χ2v) is 9.28. The smallest absolute Gasteiger partial charge is 0.262 e. The quantitative estimate of drug-likeness (QED) is 0.685. The molecule has 0 atom stereocenters. The van der Waals surface area contributed by atoms with Crippen LogP contribution < -0.4 is 10.6 Å². The molecule has 1 heterocycles. The number of amides is 4. The Balaban J connectivity index is 1.53. The Labute approximate surface area is 193 Å². The first kappa shape index (κ1) is 22.7. The number of nitrogens with zero attached hydrogens (tertiary/aromatic N) is 1. The molecule has 7 heteroatoms. The van der Waals surface area contributed by atoms with E-state index >= 15 is 0 Å². The van der Waals surface area contributed by atoms with Crippen molar-refractivity contribution in [3.8, 4) is 0 Å². The van der Waals surface area contributed by atoms with Gasteiger partial charge in [0.2, 0.25) is 11.8 Å². The summed E-state index contributed by atoms with van der Waals surface area (Å²) in [5, 5.41) is 5.94. The van der Waals surface area contributed by atoms with E-state index in [4.69, 9.17) is 0 Å². The molecule has 7 nitrogen and oxygen atoms in total. The molecule has 0 bridgehead atoms. The molecule has 0 saturated heterocycles. The second-order valence-electron chi connectivity index (χ2n) is 9.28. The van der Waals surface area contributed by atoms with E-state index in [0.717, 1.165) is 34.6 Å². The van der Waals surface area contributed by atoms with E-state index in [0.29, 0.717) is 29.9 Å². The van der Waals surface area contributed by atoms with Crippen molar-refractivity contribution >= 4 is 29.3 Å². The van der Waals surface area contributed by atoms with Crippen LogP contribution >= 0.6 is 0 Å². The van der Waals surface area contributed by atoms with Crippen LogP contribution in [0.3, 0.4) is 0 Å². The molecule has 0 radical (unpaired) electrons. The monoisotopic (exact) mass is 447 g/mol. The summed E-state index contributed by atoms with van der Waals surface area (Å²) < 4.78 is 0. The first-order valence-electron chi connectivity index (χ1n) is 11.4. The van der Waals surface area contributed by atoms with Crippen LogP contribution in [0.1, 0.15) is 64.4 Å². The topological polar surface area (TPSA) is 95.6 Å². The van der Waals surface area contributed by atoms with Crippen LogP contribution in [0.5, 0.6) is 0 Å². The van der Waals surface area contributed by atoms with Crippen LogP contribution in [-0.4, -0.2) is 40.6 Å². The minimum atomic E-state index is -1.09. The summed E-state index contributed by atoms with van der Waals surface area (Å²) in [6.45, 7) is 5.58. The number of nitrogens with one attached hydrogen (secondary N) is 2. The fraction of sp³-hybridized carbons (Fsp3) is 0.385. The SMILES string of the molecule is Cc1cccc(C)c1NC(=O)C1(NC(=O)CN2C(=O)c3ccccc3C2=O)CCC(C)CC1. The number of carbonyl (C=O) groups excluding carboxylic acids is 4. The normalized spacial score (nSPS) is 22.2. The van der Waals surface area contributed by atoms with Crippen LogP contribution in [0.4, 0.5) is 5.69 Å². The van der Waals surface area contributed by atoms with E-state index < -0.39 is 29.8 Å². The van der Waals surface area contributed by atoms with Crippen molar-refractivity contribution in [1.29, 1.82) is 0 Å². The Morgan fingerprint density at radius 3 is 2.03 bits per heavy atom. The Morgan fingerprint density at radius 2 is 1.48 bits per heavy atom. The van der Waals surface area contributed by atoms with Gasteiger partial charge in [0, 0.05) is 5.69 Å². The van der Waals surface area contributed by atoms with E-state index in [1.807, 2.05) is 32.0 Å². The molecule has 2 aromatic carbocycles. The summed E-state index contributed by atoms with van der Waals surface area (Å²) in [4.78, 5) is 52.8. The Kier molecular flexibility index (Phi) is 6.06. The molecule has 0 spiro atoms. The number of benzene rings is 2. The van der Waals surface area contributed by atoms with Gasteiger partial charge in [0.15, 0.2) is 0 Å². The van der Waals surface area contributed by atoms with E-state index in [-0.39, 0.29) is 5.91 Å². The van der Waals surface area contributed by atoms with Crippen molar-refractivity contribution in [3.05, 3.63) is 64.7 Å². The maximum Gasteiger partial charge on any atom is 0.262 e. The van der Waals surface area contributed by atoms with Crippen molar-refractivity contribution < 1.29 is 19.2 Å². The van der Waals surface area contributed by atoms with E-state index in [9.17, 15) is 19.2 Å². The molecule has 0 unspecified atom stereocenters. The van der Waals surface area contributed by atoms with Crippen LogP contribution in [0, 0.1) is 19.8 Å². The highest BCUT2D eigenvalue weighted by molar-refractivity contribution is 6.22. The molecule has 0 aromatic heterocycles. The number of rotatable bonds is 5. The number of anilines is 1. The Morgan fingerprint density at radius 1 is 0.939 bits per heavy atom. The van der Waals surface area contributed by atoms with Gasteiger partial charge < -0.3 is 10.6 Å². The largest absolute Gasteiger partial charge is 0.340 e. The molecule has 172 valence electrons. The lowest BCUT2D eigenvalue weighted by atomic mass is 9.76. The second kappa shape index (κ2) is 8.81. The Hall–Kier alpha value is -3.48. The summed E-state index contributed by atoms with van der Waals surface area (Å²) in [5.41, 5.74) is 2.14. The van der Waals surface area contributed by atoms with E-state index in [1.54, 1.807) is 24.3 Å². The number of hydrogen-bond acceptors (Lipinski definition) is 4. The first-order valence-corrected chi connectivity index (χ1v) is 11.4. The molecular formula is C26H29N3O4. The molecule has 1 saturated carbocycles. The van der Waals surface area contributed by atoms with Crippen LogP contribution in [-0.2, 0) is 9.59 Å². The zero-order valence-corrected chi connectivity index (χ0v) is 19.2. The molecular weight excluding hydrogens is 418 g/mol. The van der Waals surface area contributed by atoms with Gasteiger partial charge >= 0.3 is 0 Å². The number of fused-ring (bicyclic) bond motifs is 1. The number of carbonyl (C=O) groups is 4. The van der Waals surface area contributed by atoms with Crippen molar-refractivity contribution in [2.24, 2.45) is 5.92 Å². The number of imide groups is 1. The van der Waals surface area contributed by atoms with Gasteiger partial charge in [0.1, 0.15) is 12.1 Å². The van der Waals surface area contributed by atoms with Gasteiger partial charge in [-0.1, -0.05) is 37.3 Å². The minimum absolute atomic E-state index is 0.262. The van der Waals surface area contributed by atoms with Gasteiger partial charge in [-0.05, 0) is 68.7 Å². The molecule has 2 N–H and O–H groups in total. The summed E-state index contributed by atoms with van der Waals surface area (Å²) in [6, 6.07) is 12.3. The molecule has 2 aromatic rings. The molecule has 1 fully saturated rings. The summed E-state index contributed by atoms with van der Waals surface area (Å²) >= 11 is 0. The van der Waals surface area contributed by atoms with Crippen LogP contribution in [0.2, 0.25) is 0 Å².